The van der Waals surface area contributed by atoms with Crippen molar-refractivity contribution in [3.05, 3.63) is 69.4 Å². The SMILES string of the molecule is C=CC(=O)OCC(OCC)(OCC)n1c(=O)n(C(COC(=O)C=C)(OCC)OCC)c(=O)n(C(COC(=O)C=C)(OCC)OCC)c1=O. The van der Waals surface area contributed by atoms with Gasteiger partial charge in [-0.3, -0.25) is 0 Å². The topological polar surface area (TPSA) is 200 Å². The lowest BCUT2D eigenvalue weighted by atomic mass is 10.4. The molecular formula is C30H45N3O15. The van der Waals surface area contributed by atoms with E-state index in [0.29, 0.717) is 13.7 Å². The molecule has 0 aliphatic heterocycles. The van der Waals surface area contributed by atoms with E-state index < -0.39 is 72.5 Å². The Kier molecular flexibility index (Phi) is 17.1. The van der Waals surface area contributed by atoms with Crippen LogP contribution in [0.4, 0.5) is 0 Å². The first-order valence-electron chi connectivity index (χ1n) is 15.1. The van der Waals surface area contributed by atoms with Crippen LogP contribution in [0.25, 0.3) is 0 Å². The number of rotatable bonds is 24. The average molecular weight is 688 g/mol. The predicted octanol–water partition coefficient (Wildman–Crippen LogP) is 0.409. The zero-order valence-corrected chi connectivity index (χ0v) is 28.2. The third-order valence-electron chi connectivity index (χ3n) is 6.08. The molecule has 1 rings (SSSR count). The molecular weight excluding hydrogens is 642 g/mol. The Balaban J connectivity index is 4.77. The molecule has 0 aromatic carbocycles. The zero-order chi connectivity index (χ0) is 36.5. The first kappa shape index (κ1) is 41.8. The molecule has 270 valence electrons. The molecule has 1 aromatic heterocycles. The normalized spacial score (nSPS) is 11.9. The van der Waals surface area contributed by atoms with Crippen LogP contribution in [0.15, 0.2) is 52.3 Å². The molecule has 0 aliphatic rings. The lowest BCUT2D eigenvalue weighted by Gasteiger charge is -2.39. The highest BCUT2D eigenvalue weighted by molar-refractivity contribution is 5.81. The number of ether oxygens (including phenoxy) is 9. The van der Waals surface area contributed by atoms with E-state index in [9.17, 15) is 28.8 Å². The van der Waals surface area contributed by atoms with Gasteiger partial charge in [0.1, 0.15) is 0 Å². The van der Waals surface area contributed by atoms with Gasteiger partial charge in [0.25, 0.3) is 17.7 Å². The van der Waals surface area contributed by atoms with Crippen molar-refractivity contribution in [1.82, 2.24) is 13.7 Å². The second kappa shape index (κ2) is 19.6. The fourth-order valence-corrected chi connectivity index (χ4v) is 4.39. The maximum atomic E-state index is 14.6. The zero-order valence-electron chi connectivity index (χ0n) is 28.2. The number of hydrogen-bond acceptors (Lipinski definition) is 15. The standard InChI is InChI=1S/C30H45N3O15/c1-10-22(34)40-19-28(43-13-4,44-14-5)31-25(37)32(29(45-15-6,46-16-7)20-41-23(35)11-2)27(39)33(26(31)38)30(47-17-8,48-18-9)21-42-24(36)12-3/h10-12H,1-3,13-21H2,4-9H3. The van der Waals surface area contributed by atoms with Crippen LogP contribution < -0.4 is 17.1 Å². The van der Waals surface area contributed by atoms with Gasteiger partial charge in [-0.2, -0.15) is 13.7 Å². The Morgan fingerprint density at radius 1 is 0.479 bits per heavy atom. The fourth-order valence-electron chi connectivity index (χ4n) is 4.39. The van der Waals surface area contributed by atoms with Gasteiger partial charge in [0.2, 0.25) is 0 Å². The first-order chi connectivity index (χ1) is 22.8. The molecule has 18 nitrogen and oxygen atoms in total. The summed E-state index contributed by atoms with van der Waals surface area (Å²) in [6, 6.07) is 0. The van der Waals surface area contributed by atoms with Crippen LogP contribution in [0.5, 0.6) is 0 Å². The monoisotopic (exact) mass is 687 g/mol. The van der Waals surface area contributed by atoms with Crippen molar-refractivity contribution in [3.8, 4) is 0 Å². The minimum Gasteiger partial charge on any atom is -0.455 e. The Bertz CT molecular complexity index is 1240. The average Bonchev–Trinajstić information content (AvgIpc) is 3.05. The first-order valence-corrected chi connectivity index (χ1v) is 15.1. The van der Waals surface area contributed by atoms with Crippen LogP contribution in [0.3, 0.4) is 0 Å². The minimum absolute atomic E-state index is 0.241. The van der Waals surface area contributed by atoms with E-state index in [1.807, 2.05) is 0 Å². The summed E-state index contributed by atoms with van der Waals surface area (Å²) in [5.41, 5.74) is -4.50. The second-order valence-electron chi connectivity index (χ2n) is 9.03. The van der Waals surface area contributed by atoms with Crippen molar-refractivity contribution >= 4 is 17.9 Å². The predicted molar refractivity (Wildman–Crippen MR) is 166 cm³/mol. The van der Waals surface area contributed by atoms with Crippen molar-refractivity contribution < 1.29 is 57.0 Å². The molecule has 48 heavy (non-hydrogen) atoms. The summed E-state index contributed by atoms with van der Waals surface area (Å²) >= 11 is 0. The Morgan fingerprint density at radius 2 is 0.667 bits per heavy atom. The second-order valence-corrected chi connectivity index (χ2v) is 9.03. The van der Waals surface area contributed by atoms with E-state index in [-0.39, 0.29) is 39.6 Å². The molecule has 0 saturated carbocycles. The molecule has 0 unspecified atom stereocenters. The van der Waals surface area contributed by atoms with Crippen LogP contribution in [0.2, 0.25) is 0 Å². The lowest BCUT2D eigenvalue weighted by molar-refractivity contribution is -0.337. The summed E-state index contributed by atoms with van der Waals surface area (Å²) in [5.74, 6) is -10.7. The summed E-state index contributed by atoms with van der Waals surface area (Å²) < 4.78 is 51.3. The molecule has 0 atom stereocenters. The third kappa shape index (κ3) is 9.45. The highest BCUT2D eigenvalue weighted by Gasteiger charge is 2.50. The van der Waals surface area contributed by atoms with Crippen molar-refractivity contribution in [3.63, 3.8) is 0 Å². The largest absolute Gasteiger partial charge is 0.455 e. The molecule has 0 fully saturated rings. The van der Waals surface area contributed by atoms with Crippen molar-refractivity contribution in [2.75, 3.05) is 59.5 Å². The van der Waals surface area contributed by atoms with E-state index in [1.165, 1.54) is 41.5 Å². The van der Waals surface area contributed by atoms with Gasteiger partial charge in [0.05, 0.1) is 0 Å². The smallest absolute Gasteiger partial charge is 0.345 e. The van der Waals surface area contributed by atoms with E-state index in [4.69, 9.17) is 42.6 Å². The van der Waals surface area contributed by atoms with E-state index >= 15 is 0 Å². The quantitative estimate of drug-likeness (QED) is 0.0626. The molecule has 0 N–H and O–H groups in total. The fraction of sp³-hybridized carbons (Fsp3) is 0.600. The van der Waals surface area contributed by atoms with Gasteiger partial charge < -0.3 is 42.6 Å². The van der Waals surface area contributed by atoms with Gasteiger partial charge in [-0.15, -0.1) is 0 Å². The van der Waals surface area contributed by atoms with Gasteiger partial charge in [-0.25, -0.2) is 28.8 Å². The number of carbonyl (C=O) groups excluding carboxylic acids is 3. The summed E-state index contributed by atoms with van der Waals surface area (Å²) in [6.07, 6.45) is 2.45. The van der Waals surface area contributed by atoms with Crippen molar-refractivity contribution in [2.45, 2.75) is 59.3 Å². The number of carbonyl (C=O) groups is 3. The molecule has 0 radical (unpaired) electrons. The third-order valence-corrected chi connectivity index (χ3v) is 6.08. The highest BCUT2D eigenvalue weighted by Crippen LogP contribution is 2.24. The molecule has 0 spiro atoms. The highest BCUT2D eigenvalue weighted by atomic mass is 16.8. The van der Waals surface area contributed by atoms with Crippen molar-refractivity contribution in [1.29, 1.82) is 0 Å². The van der Waals surface area contributed by atoms with Crippen LogP contribution >= 0.6 is 0 Å². The lowest BCUT2D eigenvalue weighted by Crippen LogP contribution is -2.71. The van der Waals surface area contributed by atoms with Gasteiger partial charge in [-0.1, -0.05) is 19.7 Å². The Labute approximate surface area is 276 Å². The van der Waals surface area contributed by atoms with Gasteiger partial charge in [0, 0.05) is 57.9 Å². The number of esters is 3. The maximum absolute atomic E-state index is 14.6. The summed E-state index contributed by atoms with van der Waals surface area (Å²) in [5, 5.41) is 0. The number of hydrogen-bond donors (Lipinski definition) is 0. The molecule has 0 amide bonds. The summed E-state index contributed by atoms with van der Waals surface area (Å²) in [6.45, 7) is 14.7. The van der Waals surface area contributed by atoms with Crippen LogP contribution in [-0.2, 0) is 74.7 Å². The van der Waals surface area contributed by atoms with E-state index in [1.54, 1.807) is 0 Å². The molecule has 18 heteroatoms. The molecule has 0 bridgehead atoms. The molecule has 1 heterocycles. The van der Waals surface area contributed by atoms with E-state index in [0.717, 1.165) is 18.2 Å². The van der Waals surface area contributed by atoms with Gasteiger partial charge in [-0.05, 0) is 41.5 Å². The number of aromatic nitrogens is 3. The number of nitrogens with zero attached hydrogens (tertiary/aromatic N) is 3. The molecule has 0 saturated heterocycles. The van der Waals surface area contributed by atoms with Gasteiger partial charge >= 0.3 is 35.0 Å². The minimum atomic E-state index is -2.57. The summed E-state index contributed by atoms with van der Waals surface area (Å²) in [7, 11) is 0. The summed E-state index contributed by atoms with van der Waals surface area (Å²) in [4.78, 5) is 80.5. The van der Waals surface area contributed by atoms with Crippen LogP contribution in [0, 0.1) is 0 Å². The van der Waals surface area contributed by atoms with Gasteiger partial charge in [0.15, 0.2) is 19.8 Å². The molecule has 0 aliphatic carbocycles. The Hall–Kier alpha value is -4.20. The van der Waals surface area contributed by atoms with Crippen LogP contribution in [0.1, 0.15) is 41.5 Å². The van der Waals surface area contributed by atoms with Crippen molar-refractivity contribution in [2.24, 2.45) is 0 Å². The Morgan fingerprint density at radius 3 is 0.812 bits per heavy atom. The maximum Gasteiger partial charge on any atom is 0.345 e. The van der Waals surface area contributed by atoms with Crippen LogP contribution in [-0.4, -0.2) is 91.1 Å². The van der Waals surface area contributed by atoms with E-state index in [2.05, 4.69) is 19.7 Å². The molecule has 1 aromatic rings.